The number of nitrogens with zero attached hydrogens (tertiary/aromatic N) is 1. The third-order valence-electron chi connectivity index (χ3n) is 7.33. The van der Waals surface area contributed by atoms with Crippen molar-refractivity contribution in [3.8, 4) is 33.6 Å². The van der Waals surface area contributed by atoms with Gasteiger partial charge in [0.25, 0.3) is 0 Å². The summed E-state index contributed by atoms with van der Waals surface area (Å²) in [5.41, 5.74) is 6.43. The number of ether oxygens (including phenoxy) is 3. The zero-order valence-corrected chi connectivity index (χ0v) is 27.5. The van der Waals surface area contributed by atoms with Crippen LogP contribution >= 0.6 is 0 Å². The molecule has 250 valence electrons. The normalized spacial score (nSPS) is 17.7. The second kappa shape index (κ2) is 15.3. The van der Waals surface area contributed by atoms with E-state index in [0.29, 0.717) is 6.42 Å². The summed E-state index contributed by atoms with van der Waals surface area (Å²) >= 11 is 0. The van der Waals surface area contributed by atoms with E-state index >= 15 is 0 Å². The Balaban J connectivity index is 0.000000930. The van der Waals surface area contributed by atoms with Crippen LogP contribution in [0.3, 0.4) is 0 Å². The highest BCUT2D eigenvalue weighted by Crippen LogP contribution is 2.32. The van der Waals surface area contributed by atoms with Crippen molar-refractivity contribution in [1.29, 1.82) is 0 Å². The minimum Gasteiger partial charge on any atom is -0.460 e. The van der Waals surface area contributed by atoms with Gasteiger partial charge in [0.15, 0.2) is 12.3 Å². The molecule has 1 saturated heterocycles. The van der Waals surface area contributed by atoms with E-state index in [4.69, 9.17) is 14.2 Å². The molecule has 0 amide bonds. The molecule has 0 bridgehead atoms. The quantitative estimate of drug-likeness (QED) is 0.0825. The van der Waals surface area contributed by atoms with Crippen LogP contribution in [0.2, 0.25) is 0 Å². The summed E-state index contributed by atoms with van der Waals surface area (Å²) in [4.78, 5) is 12.6. The number of aromatic nitrogens is 1. The van der Waals surface area contributed by atoms with Crippen molar-refractivity contribution in [2.24, 2.45) is 0 Å². The van der Waals surface area contributed by atoms with Crippen molar-refractivity contribution in [1.82, 2.24) is 0 Å². The Hall–Kier alpha value is -4.02. The standard InChI is InChI=1S/C37H42NO4.BF4/c1-36(2,3)42-35(39)26-32-25-31(40-37(4,5)41-32)21-22-38-33(28-17-11-7-12-18-28)23-30(27-15-9-6-10-16-27)24-34(38)29-19-13-8-14-20-29;2-1(3,4)5/h6-20,23-24,31-32H,21-22,25-26H2,1-5H3;/q+1;-1/t31-,32-;/m1./s1. The summed E-state index contributed by atoms with van der Waals surface area (Å²) in [5, 5.41) is 0. The van der Waals surface area contributed by atoms with Gasteiger partial charge in [-0.15, -0.1) is 0 Å². The first-order chi connectivity index (χ1) is 22.1. The third-order valence-corrected chi connectivity index (χ3v) is 7.33. The molecule has 3 aromatic carbocycles. The predicted octanol–water partition coefficient (Wildman–Crippen LogP) is 9.31. The fourth-order valence-electron chi connectivity index (χ4n) is 5.72. The Bertz CT molecular complexity index is 1530. The summed E-state index contributed by atoms with van der Waals surface area (Å²) in [6.45, 7) is 10.2. The van der Waals surface area contributed by atoms with Crippen molar-refractivity contribution in [2.75, 3.05) is 0 Å². The molecule has 0 unspecified atom stereocenters. The molecular weight excluding hydrogens is 609 g/mol. The van der Waals surface area contributed by atoms with Gasteiger partial charge in [-0.25, -0.2) is 0 Å². The van der Waals surface area contributed by atoms with Crippen LogP contribution in [0.15, 0.2) is 103 Å². The Morgan fingerprint density at radius 3 is 1.64 bits per heavy atom. The molecule has 5 rings (SSSR count). The second-order valence-electron chi connectivity index (χ2n) is 13.0. The highest BCUT2D eigenvalue weighted by Gasteiger charge is 2.38. The van der Waals surface area contributed by atoms with Gasteiger partial charge in [0, 0.05) is 36.1 Å². The Labute approximate surface area is 274 Å². The van der Waals surface area contributed by atoms with Crippen LogP contribution in [0.4, 0.5) is 17.3 Å². The van der Waals surface area contributed by atoms with E-state index in [2.05, 4.69) is 102 Å². The lowest BCUT2D eigenvalue weighted by Gasteiger charge is -2.40. The number of pyridine rings is 1. The maximum Gasteiger partial charge on any atom is 0.673 e. The summed E-state index contributed by atoms with van der Waals surface area (Å²) in [5.74, 6) is -1.03. The average Bonchev–Trinajstić information content (AvgIpc) is 2.98. The maximum atomic E-state index is 12.6. The monoisotopic (exact) mass is 651 g/mol. The number of carbonyl (C=O) groups is 1. The highest BCUT2D eigenvalue weighted by molar-refractivity contribution is 6.50. The van der Waals surface area contributed by atoms with Crippen LogP contribution in [0.25, 0.3) is 33.6 Å². The van der Waals surface area contributed by atoms with Crippen molar-refractivity contribution in [2.45, 2.75) is 84.0 Å². The smallest absolute Gasteiger partial charge is 0.460 e. The van der Waals surface area contributed by atoms with E-state index in [-0.39, 0.29) is 24.6 Å². The van der Waals surface area contributed by atoms with Crippen molar-refractivity contribution >= 4 is 13.2 Å². The lowest BCUT2D eigenvalue weighted by atomic mass is 9.98. The molecule has 47 heavy (non-hydrogen) atoms. The molecule has 0 saturated carbocycles. The van der Waals surface area contributed by atoms with E-state index in [1.165, 1.54) is 11.1 Å². The Kier molecular flexibility index (Phi) is 11.6. The first-order valence-corrected chi connectivity index (χ1v) is 15.8. The van der Waals surface area contributed by atoms with Gasteiger partial charge in [-0.2, -0.15) is 4.57 Å². The summed E-state index contributed by atoms with van der Waals surface area (Å²) in [6, 6.07) is 36.2. The fraction of sp³-hybridized carbons (Fsp3) is 0.351. The summed E-state index contributed by atoms with van der Waals surface area (Å²) < 4.78 is 59.6. The molecule has 2 heterocycles. The molecule has 1 aromatic heterocycles. The van der Waals surface area contributed by atoms with Crippen LogP contribution in [0, 0.1) is 0 Å². The van der Waals surface area contributed by atoms with Gasteiger partial charge in [-0.3, -0.25) is 4.79 Å². The number of rotatable bonds is 8. The summed E-state index contributed by atoms with van der Waals surface area (Å²) in [6.07, 6.45) is 1.28. The van der Waals surface area contributed by atoms with Crippen LogP contribution in [-0.2, 0) is 25.5 Å². The number of halogens is 4. The minimum absolute atomic E-state index is 0.0743. The highest BCUT2D eigenvalue weighted by atomic mass is 19.5. The maximum absolute atomic E-state index is 12.6. The number of esters is 1. The molecule has 2 atom stereocenters. The molecule has 1 aliphatic rings. The van der Waals surface area contributed by atoms with Gasteiger partial charge >= 0.3 is 13.2 Å². The van der Waals surface area contributed by atoms with Gasteiger partial charge in [-0.1, -0.05) is 66.7 Å². The van der Waals surface area contributed by atoms with Crippen LogP contribution in [0.1, 0.15) is 53.9 Å². The molecular formula is C37H42BF4NO4. The predicted molar refractivity (Wildman–Crippen MR) is 177 cm³/mol. The minimum atomic E-state index is -6.00. The van der Waals surface area contributed by atoms with Crippen LogP contribution in [-0.4, -0.2) is 36.8 Å². The topological polar surface area (TPSA) is 48.6 Å². The van der Waals surface area contributed by atoms with Gasteiger partial charge in [0.2, 0.25) is 11.4 Å². The average molecular weight is 652 g/mol. The fourth-order valence-corrected chi connectivity index (χ4v) is 5.72. The first-order valence-electron chi connectivity index (χ1n) is 15.8. The van der Waals surface area contributed by atoms with Gasteiger partial charge in [0.05, 0.1) is 18.6 Å². The molecule has 1 aliphatic heterocycles. The Morgan fingerprint density at radius 2 is 1.19 bits per heavy atom. The molecule has 1 fully saturated rings. The van der Waals surface area contributed by atoms with Crippen molar-refractivity contribution in [3.05, 3.63) is 103 Å². The van der Waals surface area contributed by atoms with Crippen molar-refractivity contribution in [3.63, 3.8) is 0 Å². The molecule has 10 heteroatoms. The number of benzene rings is 3. The molecule has 0 N–H and O–H groups in total. The van der Waals surface area contributed by atoms with Crippen LogP contribution < -0.4 is 4.57 Å². The molecule has 4 aromatic rings. The van der Waals surface area contributed by atoms with Crippen LogP contribution in [0.5, 0.6) is 0 Å². The van der Waals surface area contributed by atoms with E-state index in [0.717, 1.165) is 35.5 Å². The zero-order valence-electron chi connectivity index (χ0n) is 27.5. The van der Waals surface area contributed by atoms with E-state index in [1.54, 1.807) is 0 Å². The molecule has 0 radical (unpaired) electrons. The number of hydrogen-bond donors (Lipinski definition) is 0. The van der Waals surface area contributed by atoms with Gasteiger partial charge in [0.1, 0.15) is 5.60 Å². The largest absolute Gasteiger partial charge is 0.673 e. The molecule has 0 spiro atoms. The van der Waals surface area contributed by atoms with Crippen molar-refractivity contribution < 1.29 is 40.8 Å². The first kappa shape index (κ1) is 35.8. The lowest BCUT2D eigenvalue weighted by molar-refractivity contribution is -0.677. The SMILES string of the molecule is CC(C)(C)OC(=O)C[C@H]1C[C@@H](CC[n+]2c(-c3ccccc3)cc(-c3ccccc3)cc2-c2ccccc2)OC(C)(C)O1.F[B-](F)(F)F. The number of hydrogen-bond acceptors (Lipinski definition) is 4. The van der Waals surface area contributed by atoms with Gasteiger partial charge < -0.3 is 31.5 Å². The van der Waals surface area contributed by atoms with E-state index < -0.39 is 18.6 Å². The van der Waals surface area contributed by atoms with E-state index in [1.807, 2.05) is 40.7 Å². The van der Waals surface area contributed by atoms with E-state index in [9.17, 15) is 22.1 Å². The lowest BCUT2D eigenvalue weighted by Crippen LogP contribution is -2.48. The second-order valence-corrected chi connectivity index (χ2v) is 13.0. The third kappa shape index (κ3) is 11.6. The summed E-state index contributed by atoms with van der Waals surface area (Å²) in [7, 11) is -6.00. The molecule has 0 aliphatic carbocycles. The number of carbonyl (C=O) groups excluding carboxylic acids is 1. The Morgan fingerprint density at radius 1 is 0.766 bits per heavy atom. The zero-order chi connectivity index (χ0) is 34.2. The molecule has 5 nitrogen and oxygen atoms in total. The van der Waals surface area contributed by atoms with Gasteiger partial charge in [-0.05, 0) is 70.0 Å².